The molecule has 0 aliphatic heterocycles. The first-order chi connectivity index (χ1) is 12.2. The second-order valence-corrected chi connectivity index (χ2v) is 10.6. The zero-order chi connectivity index (χ0) is 18.7. The number of fused-ring (bicyclic) bond motifs is 5. The Hall–Kier alpha value is -1.05. The Kier molecular flexibility index (Phi) is 4.21. The highest BCUT2D eigenvalue weighted by molar-refractivity contribution is 5.91. The second kappa shape index (κ2) is 5.97. The monoisotopic (exact) mass is 356 g/mol. The van der Waals surface area contributed by atoms with E-state index >= 15 is 0 Å². The van der Waals surface area contributed by atoms with E-state index in [0.29, 0.717) is 22.4 Å². The Balaban J connectivity index is 1.61. The van der Waals surface area contributed by atoms with Crippen molar-refractivity contribution in [2.24, 2.45) is 34.0 Å². The molecule has 3 saturated carbocycles. The van der Waals surface area contributed by atoms with Gasteiger partial charge < -0.3 is 5.11 Å². The molecule has 0 amide bonds. The van der Waals surface area contributed by atoms with Gasteiger partial charge in [-0.15, -0.1) is 0 Å². The summed E-state index contributed by atoms with van der Waals surface area (Å²) in [5, 5.41) is 9.65. The van der Waals surface area contributed by atoms with Crippen LogP contribution in [0.4, 0.5) is 0 Å². The molecule has 0 aromatic carbocycles. The summed E-state index contributed by atoms with van der Waals surface area (Å²) in [6.45, 7) is 11.2. The van der Waals surface area contributed by atoms with Gasteiger partial charge in [0.1, 0.15) is 0 Å². The molecule has 0 aromatic rings. The minimum atomic E-state index is 0.274. The fourth-order valence-electron chi connectivity index (χ4n) is 7.75. The highest BCUT2D eigenvalue weighted by atomic mass is 16.3. The summed E-state index contributed by atoms with van der Waals surface area (Å²) in [5.74, 6) is 3.11. The van der Waals surface area contributed by atoms with Crippen LogP contribution in [0.15, 0.2) is 24.0 Å². The van der Waals surface area contributed by atoms with Gasteiger partial charge in [0.15, 0.2) is 5.78 Å². The van der Waals surface area contributed by atoms with E-state index in [9.17, 15) is 9.90 Å². The molecule has 144 valence electrons. The van der Waals surface area contributed by atoms with Crippen LogP contribution in [-0.2, 0) is 4.79 Å². The summed E-state index contributed by atoms with van der Waals surface area (Å²) in [6, 6.07) is 0. The van der Waals surface area contributed by atoms with E-state index in [1.54, 1.807) is 0 Å². The van der Waals surface area contributed by atoms with Gasteiger partial charge in [-0.1, -0.05) is 32.9 Å². The molecule has 0 bridgehead atoms. The van der Waals surface area contributed by atoms with Crippen molar-refractivity contribution in [3.8, 4) is 0 Å². The zero-order valence-corrected chi connectivity index (χ0v) is 16.9. The summed E-state index contributed by atoms with van der Waals surface area (Å²) in [6.07, 6.45) is 13.3. The third-order valence-electron chi connectivity index (χ3n) is 9.70. The maximum absolute atomic E-state index is 12.0. The lowest BCUT2D eigenvalue weighted by Crippen LogP contribution is -2.52. The average Bonchev–Trinajstić information content (AvgIpc) is 2.86. The molecule has 0 spiro atoms. The Morgan fingerprint density at radius 1 is 1.12 bits per heavy atom. The fraction of sp³-hybridized carbons (Fsp3) is 0.792. The standard InChI is InChI=1S/C24H36O2/c1-16(25)7-11-22(2)12-9-21-19-6-5-17-15-18(26)8-13-23(17,3)20(19)10-14-24(21,22)4/h15,19-21,25H,1,5-14H2,2-4H3/t19?,20?,21?,22-,23+,24+/m1/s1. The van der Waals surface area contributed by atoms with Crippen LogP contribution in [0.25, 0.3) is 0 Å². The predicted molar refractivity (Wildman–Crippen MR) is 106 cm³/mol. The van der Waals surface area contributed by atoms with E-state index in [0.717, 1.165) is 49.9 Å². The first-order valence-electron chi connectivity index (χ1n) is 10.8. The molecule has 6 atom stereocenters. The average molecular weight is 357 g/mol. The molecule has 0 heterocycles. The van der Waals surface area contributed by atoms with Crippen LogP contribution in [0.1, 0.15) is 85.0 Å². The van der Waals surface area contributed by atoms with E-state index in [1.807, 2.05) is 6.08 Å². The molecule has 2 nitrogen and oxygen atoms in total. The second-order valence-electron chi connectivity index (χ2n) is 10.6. The van der Waals surface area contributed by atoms with Crippen LogP contribution in [0.3, 0.4) is 0 Å². The Morgan fingerprint density at radius 3 is 2.58 bits per heavy atom. The van der Waals surface area contributed by atoms with Gasteiger partial charge in [-0.3, -0.25) is 4.79 Å². The molecule has 0 radical (unpaired) electrons. The van der Waals surface area contributed by atoms with E-state index in [-0.39, 0.29) is 5.41 Å². The summed E-state index contributed by atoms with van der Waals surface area (Å²) >= 11 is 0. The van der Waals surface area contributed by atoms with Crippen molar-refractivity contribution in [1.29, 1.82) is 0 Å². The van der Waals surface area contributed by atoms with Crippen LogP contribution in [0.2, 0.25) is 0 Å². The number of aliphatic hydroxyl groups is 1. The van der Waals surface area contributed by atoms with Gasteiger partial charge in [0, 0.05) is 12.8 Å². The van der Waals surface area contributed by atoms with E-state index in [1.165, 1.54) is 37.7 Å². The van der Waals surface area contributed by atoms with Crippen molar-refractivity contribution in [2.75, 3.05) is 0 Å². The van der Waals surface area contributed by atoms with Crippen molar-refractivity contribution < 1.29 is 9.90 Å². The van der Waals surface area contributed by atoms with Crippen molar-refractivity contribution in [3.63, 3.8) is 0 Å². The molecule has 26 heavy (non-hydrogen) atoms. The highest BCUT2D eigenvalue weighted by Crippen LogP contribution is 2.70. The van der Waals surface area contributed by atoms with E-state index in [2.05, 4.69) is 27.4 Å². The SMILES string of the molecule is C=C(O)CC[C@]1(C)CCC2C3CCC4=CC(=O)CC[C@]4(C)C3CC[C@@]21C. The van der Waals surface area contributed by atoms with E-state index < -0.39 is 0 Å². The number of allylic oxidation sites excluding steroid dienone is 2. The molecule has 4 rings (SSSR count). The van der Waals surface area contributed by atoms with Crippen LogP contribution < -0.4 is 0 Å². The molecule has 3 unspecified atom stereocenters. The lowest BCUT2D eigenvalue weighted by atomic mass is 9.45. The van der Waals surface area contributed by atoms with Gasteiger partial charge in [0.05, 0.1) is 5.76 Å². The van der Waals surface area contributed by atoms with Crippen LogP contribution in [0, 0.1) is 34.0 Å². The molecular weight excluding hydrogens is 320 g/mol. The summed E-state index contributed by atoms with van der Waals surface area (Å²) in [5.41, 5.74) is 2.46. The van der Waals surface area contributed by atoms with Gasteiger partial charge in [-0.25, -0.2) is 0 Å². The molecule has 4 aliphatic carbocycles. The Morgan fingerprint density at radius 2 is 1.85 bits per heavy atom. The quantitative estimate of drug-likeness (QED) is 0.596. The maximum Gasteiger partial charge on any atom is 0.155 e. The first-order valence-corrected chi connectivity index (χ1v) is 10.8. The van der Waals surface area contributed by atoms with Gasteiger partial charge in [-0.05, 0) is 91.4 Å². The maximum atomic E-state index is 12.0. The van der Waals surface area contributed by atoms with Crippen LogP contribution >= 0.6 is 0 Å². The molecule has 4 aliphatic rings. The minimum absolute atomic E-state index is 0.274. The summed E-state index contributed by atoms with van der Waals surface area (Å²) in [4.78, 5) is 12.0. The predicted octanol–water partition coefficient (Wildman–Crippen LogP) is 6.38. The lowest BCUT2D eigenvalue weighted by molar-refractivity contribution is -0.118. The Bertz CT molecular complexity index is 661. The van der Waals surface area contributed by atoms with Gasteiger partial charge >= 0.3 is 0 Å². The minimum Gasteiger partial charge on any atom is -0.513 e. The third-order valence-corrected chi connectivity index (χ3v) is 9.70. The first kappa shape index (κ1) is 18.3. The van der Waals surface area contributed by atoms with Crippen LogP contribution in [0.5, 0.6) is 0 Å². The Labute approximate surface area is 159 Å². The highest BCUT2D eigenvalue weighted by Gasteiger charge is 2.62. The van der Waals surface area contributed by atoms with Gasteiger partial charge in [-0.2, -0.15) is 0 Å². The normalized spacial score (nSPS) is 47.6. The number of carbonyl (C=O) groups is 1. The lowest BCUT2D eigenvalue weighted by Gasteiger charge is -2.59. The molecule has 2 heteroatoms. The van der Waals surface area contributed by atoms with Crippen molar-refractivity contribution in [1.82, 2.24) is 0 Å². The zero-order valence-electron chi connectivity index (χ0n) is 16.9. The van der Waals surface area contributed by atoms with Crippen molar-refractivity contribution in [3.05, 3.63) is 24.0 Å². The fourth-order valence-corrected chi connectivity index (χ4v) is 7.75. The summed E-state index contributed by atoms with van der Waals surface area (Å²) in [7, 11) is 0. The molecule has 1 N–H and O–H groups in total. The van der Waals surface area contributed by atoms with Gasteiger partial charge in [0.2, 0.25) is 0 Å². The number of hydrogen-bond donors (Lipinski definition) is 1. The molecule has 3 fully saturated rings. The largest absolute Gasteiger partial charge is 0.513 e. The van der Waals surface area contributed by atoms with Crippen LogP contribution in [-0.4, -0.2) is 10.9 Å². The smallest absolute Gasteiger partial charge is 0.155 e. The number of rotatable bonds is 3. The number of hydrogen-bond acceptors (Lipinski definition) is 2. The summed E-state index contributed by atoms with van der Waals surface area (Å²) < 4.78 is 0. The number of carbonyl (C=O) groups excluding carboxylic acids is 1. The topological polar surface area (TPSA) is 37.3 Å². The third kappa shape index (κ3) is 2.47. The molecular formula is C24H36O2. The molecule has 0 aromatic heterocycles. The van der Waals surface area contributed by atoms with Crippen molar-refractivity contribution >= 4 is 5.78 Å². The van der Waals surface area contributed by atoms with Gasteiger partial charge in [0.25, 0.3) is 0 Å². The molecule has 0 saturated heterocycles. The number of ketones is 1. The van der Waals surface area contributed by atoms with E-state index in [4.69, 9.17) is 0 Å². The van der Waals surface area contributed by atoms with Crippen molar-refractivity contribution in [2.45, 2.75) is 85.0 Å². The number of aliphatic hydroxyl groups excluding tert-OH is 1.